The monoisotopic (exact) mass is 476 g/mol. The molecule has 3 N–H and O–H groups in total. The quantitative estimate of drug-likeness (QED) is 0.519. The maximum atomic E-state index is 12.4. The summed E-state index contributed by atoms with van der Waals surface area (Å²) in [5, 5.41) is 4.09. The minimum atomic E-state index is -0.292. The van der Waals surface area contributed by atoms with Gasteiger partial charge in [-0.15, -0.1) is 11.3 Å². The molecule has 0 aliphatic carbocycles. The Morgan fingerprint density at radius 1 is 1.26 bits per heavy atom. The molecule has 0 unspecified atom stereocenters. The second kappa shape index (κ2) is 9.91. The molecule has 0 spiro atoms. The number of anilines is 1. The lowest BCUT2D eigenvalue weighted by Crippen LogP contribution is -2.38. The maximum Gasteiger partial charge on any atom is 0.270 e. The predicted molar refractivity (Wildman–Crippen MR) is 124 cm³/mol. The van der Waals surface area contributed by atoms with E-state index in [2.05, 4.69) is 25.2 Å². The molecule has 0 aromatic carbocycles. The van der Waals surface area contributed by atoms with Crippen LogP contribution in [0.5, 0.6) is 0 Å². The number of thiazole rings is 1. The molecule has 0 bridgehead atoms. The molecule has 4 rings (SSSR count). The van der Waals surface area contributed by atoms with E-state index in [1.807, 2.05) is 24.4 Å². The van der Waals surface area contributed by atoms with E-state index in [4.69, 9.17) is 28.9 Å². The Morgan fingerprint density at radius 3 is 2.77 bits per heavy atom. The van der Waals surface area contributed by atoms with Gasteiger partial charge >= 0.3 is 0 Å². The van der Waals surface area contributed by atoms with Crippen LogP contribution in [-0.2, 0) is 6.54 Å². The normalized spacial score (nSPS) is 15.2. The van der Waals surface area contributed by atoms with Crippen molar-refractivity contribution in [2.24, 2.45) is 5.92 Å². The number of carbonyl (C=O) groups excluding carboxylic acids is 1. The van der Waals surface area contributed by atoms with Crippen LogP contribution in [-0.4, -0.2) is 45.4 Å². The van der Waals surface area contributed by atoms with Gasteiger partial charge in [0.15, 0.2) is 5.15 Å². The molecule has 4 heterocycles. The van der Waals surface area contributed by atoms with Gasteiger partial charge in [-0.05, 0) is 50.0 Å². The lowest BCUT2D eigenvalue weighted by Gasteiger charge is -2.31. The second-order valence-electron chi connectivity index (χ2n) is 7.48. The fraction of sp³-hybridized carbons (Fsp3) is 0.333. The van der Waals surface area contributed by atoms with Gasteiger partial charge in [-0.1, -0.05) is 29.3 Å². The number of carbonyl (C=O) groups is 1. The van der Waals surface area contributed by atoms with E-state index in [1.54, 1.807) is 17.5 Å². The Hall–Kier alpha value is -2.26. The largest absolute Gasteiger partial charge is 0.397 e. The van der Waals surface area contributed by atoms with Crippen LogP contribution in [0, 0.1) is 5.92 Å². The number of amides is 1. The van der Waals surface area contributed by atoms with Gasteiger partial charge in [-0.2, -0.15) is 0 Å². The van der Waals surface area contributed by atoms with Crippen LogP contribution in [0.1, 0.15) is 28.2 Å². The number of pyridine rings is 2. The number of nitrogens with one attached hydrogen (secondary N) is 1. The van der Waals surface area contributed by atoms with Gasteiger partial charge in [0, 0.05) is 30.4 Å². The Labute approximate surface area is 194 Å². The number of piperidine rings is 1. The Bertz CT molecular complexity index is 1030. The molecule has 1 aliphatic rings. The molecule has 31 heavy (non-hydrogen) atoms. The summed E-state index contributed by atoms with van der Waals surface area (Å²) in [5.41, 5.74) is 7.09. The van der Waals surface area contributed by atoms with E-state index >= 15 is 0 Å². The van der Waals surface area contributed by atoms with Crippen LogP contribution in [0.25, 0.3) is 10.7 Å². The molecule has 162 valence electrons. The summed E-state index contributed by atoms with van der Waals surface area (Å²) in [4.78, 5) is 28.9. The first-order chi connectivity index (χ1) is 15.0. The maximum absolute atomic E-state index is 12.4. The van der Waals surface area contributed by atoms with Gasteiger partial charge in [0.25, 0.3) is 5.91 Å². The number of hydrogen-bond donors (Lipinski definition) is 2. The van der Waals surface area contributed by atoms with Gasteiger partial charge in [0.05, 0.1) is 11.4 Å². The SMILES string of the molecule is Nc1cc(C(=O)NCC2CCN(Cc3cnc(-c4ccccn4)s3)CC2)nc(Cl)c1Cl. The highest BCUT2D eigenvalue weighted by molar-refractivity contribution is 7.14. The minimum Gasteiger partial charge on any atom is -0.397 e. The van der Waals surface area contributed by atoms with E-state index in [1.165, 1.54) is 10.9 Å². The number of nitrogen functional groups attached to an aromatic ring is 1. The molecular weight excluding hydrogens is 455 g/mol. The van der Waals surface area contributed by atoms with E-state index in [-0.39, 0.29) is 27.5 Å². The summed E-state index contributed by atoms with van der Waals surface area (Å²) in [6.07, 6.45) is 5.76. The summed E-state index contributed by atoms with van der Waals surface area (Å²) >= 11 is 13.5. The van der Waals surface area contributed by atoms with Crippen molar-refractivity contribution < 1.29 is 4.79 Å². The number of nitrogens with zero attached hydrogens (tertiary/aromatic N) is 4. The molecule has 1 saturated heterocycles. The third kappa shape index (κ3) is 5.51. The minimum absolute atomic E-state index is 0.0365. The molecule has 1 amide bonds. The summed E-state index contributed by atoms with van der Waals surface area (Å²) in [7, 11) is 0. The van der Waals surface area contributed by atoms with E-state index in [0.717, 1.165) is 43.2 Å². The summed E-state index contributed by atoms with van der Waals surface area (Å²) in [5.74, 6) is 0.130. The van der Waals surface area contributed by atoms with Crippen LogP contribution in [0.4, 0.5) is 5.69 Å². The topological polar surface area (TPSA) is 97.0 Å². The van der Waals surface area contributed by atoms with Crippen LogP contribution >= 0.6 is 34.5 Å². The standard InChI is InChI=1S/C21H22Cl2N6OS/c22-18-15(24)9-17(28-19(18)23)20(30)26-10-13-4-7-29(8-5-13)12-14-11-27-21(31-14)16-3-1-2-6-25-16/h1-3,6,9,11,13H,4-5,7-8,10,12H2,(H2,24,28)(H,26,30). The van der Waals surface area contributed by atoms with Crippen molar-refractivity contribution in [1.82, 2.24) is 25.2 Å². The fourth-order valence-corrected chi connectivity index (χ4v) is 4.75. The summed E-state index contributed by atoms with van der Waals surface area (Å²) < 4.78 is 0. The predicted octanol–water partition coefficient (Wildman–Crippen LogP) is 4.13. The molecule has 0 saturated carbocycles. The molecule has 3 aromatic heterocycles. The first-order valence-corrected chi connectivity index (χ1v) is 11.5. The average Bonchev–Trinajstić information content (AvgIpc) is 3.25. The first kappa shape index (κ1) is 22.0. The molecule has 0 atom stereocenters. The highest BCUT2D eigenvalue weighted by atomic mass is 35.5. The van der Waals surface area contributed by atoms with Crippen LogP contribution in [0.2, 0.25) is 10.2 Å². The van der Waals surface area contributed by atoms with Gasteiger partial charge < -0.3 is 11.1 Å². The molecule has 3 aromatic rings. The molecule has 1 fully saturated rings. The van der Waals surface area contributed by atoms with Crippen molar-refractivity contribution >= 4 is 46.1 Å². The van der Waals surface area contributed by atoms with Crippen LogP contribution in [0.15, 0.2) is 36.7 Å². The lowest BCUT2D eigenvalue weighted by atomic mass is 9.96. The Balaban J connectivity index is 1.24. The van der Waals surface area contributed by atoms with Gasteiger partial charge in [0.1, 0.15) is 15.7 Å². The van der Waals surface area contributed by atoms with Crippen molar-refractivity contribution in [3.63, 3.8) is 0 Å². The van der Waals surface area contributed by atoms with Gasteiger partial charge in [-0.3, -0.25) is 14.7 Å². The van der Waals surface area contributed by atoms with Crippen LogP contribution < -0.4 is 11.1 Å². The lowest BCUT2D eigenvalue weighted by molar-refractivity contribution is 0.0930. The number of hydrogen-bond acceptors (Lipinski definition) is 7. The zero-order chi connectivity index (χ0) is 21.8. The zero-order valence-corrected chi connectivity index (χ0v) is 19.1. The number of likely N-dealkylation sites (tertiary alicyclic amines) is 1. The molecule has 10 heteroatoms. The highest BCUT2D eigenvalue weighted by Gasteiger charge is 2.21. The third-order valence-corrected chi connectivity index (χ3v) is 7.03. The summed E-state index contributed by atoms with van der Waals surface area (Å²) in [6, 6.07) is 7.30. The number of nitrogens with two attached hydrogens (primary N) is 1. The van der Waals surface area contributed by atoms with Crippen molar-refractivity contribution in [2.45, 2.75) is 19.4 Å². The van der Waals surface area contributed by atoms with Gasteiger partial charge in [-0.25, -0.2) is 9.97 Å². The van der Waals surface area contributed by atoms with E-state index in [0.29, 0.717) is 12.5 Å². The Morgan fingerprint density at radius 2 is 2.06 bits per heavy atom. The molecule has 0 radical (unpaired) electrons. The van der Waals surface area contributed by atoms with Crippen molar-refractivity contribution in [2.75, 3.05) is 25.4 Å². The number of rotatable bonds is 6. The van der Waals surface area contributed by atoms with E-state index in [9.17, 15) is 4.79 Å². The Kier molecular flexibility index (Phi) is 7.02. The average molecular weight is 477 g/mol. The highest BCUT2D eigenvalue weighted by Crippen LogP contribution is 2.27. The van der Waals surface area contributed by atoms with Crippen molar-refractivity contribution in [3.8, 4) is 10.7 Å². The van der Waals surface area contributed by atoms with Gasteiger partial charge in [0.2, 0.25) is 0 Å². The number of halogens is 2. The molecule has 7 nitrogen and oxygen atoms in total. The molecular formula is C21H22Cl2N6OS. The van der Waals surface area contributed by atoms with Crippen molar-refractivity contribution in [1.29, 1.82) is 0 Å². The summed E-state index contributed by atoms with van der Waals surface area (Å²) in [6.45, 7) is 3.44. The number of aromatic nitrogens is 3. The second-order valence-corrected chi connectivity index (χ2v) is 9.33. The van der Waals surface area contributed by atoms with Crippen LogP contribution in [0.3, 0.4) is 0 Å². The van der Waals surface area contributed by atoms with Crippen molar-refractivity contribution in [3.05, 3.63) is 57.4 Å². The first-order valence-electron chi connectivity index (χ1n) is 9.98. The third-order valence-electron chi connectivity index (χ3n) is 5.25. The van der Waals surface area contributed by atoms with E-state index < -0.39 is 0 Å². The fourth-order valence-electron chi connectivity index (χ4n) is 3.52. The zero-order valence-electron chi connectivity index (χ0n) is 16.7. The smallest absolute Gasteiger partial charge is 0.270 e. The molecule has 1 aliphatic heterocycles.